The maximum atomic E-state index is 14.9. The molecule has 37 heavy (non-hydrogen) atoms. The van der Waals surface area contributed by atoms with Crippen molar-refractivity contribution in [3.05, 3.63) is 115 Å². The molecule has 1 N–H and O–H groups in total. The van der Waals surface area contributed by atoms with Gasteiger partial charge >= 0.3 is 0 Å². The Morgan fingerprint density at radius 2 is 1.65 bits per heavy atom. The van der Waals surface area contributed by atoms with Crippen LogP contribution in [-0.2, 0) is 6.61 Å². The van der Waals surface area contributed by atoms with Crippen LogP contribution in [0.1, 0.15) is 27.7 Å². The van der Waals surface area contributed by atoms with Gasteiger partial charge in [-0.25, -0.2) is 4.39 Å². The quantitative estimate of drug-likeness (QED) is 0.221. The van der Waals surface area contributed by atoms with Gasteiger partial charge in [-0.05, 0) is 86.0 Å². The second-order valence-electron chi connectivity index (χ2n) is 8.28. The van der Waals surface area contributed by atoms with Crippen molar-refractivity contribution in [1.29, 1.82) is 0 Å². The predicted molar refractivity (Wildman–Crippen MR) is 153 cm³/mol. The normalized spacial score (nSPS) is 14.7. The highest BCUT2D eigenvalue weighted by Gasteiger charge is 2.35. The maximum Gasteiger partial charge on any atom is 0.262 e. The minimum absolute atomic E-state index is 0.191. The van der Waals surface area contributed by atoms with Crippen molar-refractivity contribution in [3.63, 3.8) is 0 Å². The summed E-state index contributed by atoms with van der Waals surface area (Å²) in [6, 6.07) is 22.9. The number of methoxy groups -OCH3 is 1. The fraction of sp³-hybridized carbons (Fsp3) is 0.107. The molecule has 5 rings (SSSR count). The van der Waals surface area contributed by atoms with E-state index in [1.807, 2.05) is 42.5 Å². The first-order valence-electron chi connectivity index (χ1n) is 11.2. The zero-order valence-electron chi connectivity index (χ0n) is 19.5. The van der Waals surface area contributed by atoms with E-state index in [1.54, 1.807) is 37.4 Å². The van der Waals surface area contributed by atoms with Gasteiger partial charge in [-0.15, -0.1) is 0 Å². The number of carbonyl (C=O) groups excluding carboxylic acids is 1. The van der Waals surface area contributed by atoms with Crippen LogP contribution in [0.3, 0.4) is 0 Å². The summed E-state index contributed by atoms with van der Waals surface area (Å²) in [5, 5.41) is 3.42. The SMILES string of the molecule is COc1ccc([C@H]2Nc3ccccc3C(=O)N2c2ccccc2F)cc1COc1c(Br)cc(Br)cc1Br. The molecule has 1 amide bonds. The van der Waals surface area contributed by atoms with E-state index in [9.17, 15) is 9.18 Å². The summed E-state index contributed by atoms with van der Waals surface area (Å²) in [5.74, 6) is 0.501. The van der Waals surface area contributed by atoms with E-state index in [0.29, 0.717) is 22.7 Å². The first kappa shape index (κ1) is 25.8. The summed E-state index contributed by atoms with van der Waals surface area (Å²) in [4.78, 5) is 15.1. The van der Waals surface area contributed by atoms with Gasteiger partial charge in [-0.3, -0.25) is 9.69 Å². The van der Waals surface area contributed by atoms with Gasteiger partial charge in [0.2, 0.25) is 0 Å². The van der Waals surface area contributed by atoms with Gasteiger partial charge in [0.1, 0.15) is 30.1 Å². The average Bonchev–Trinajstić information content (AvgIpc) is 2.88. The molecule has 188 valence electrons. The Balaban J connectivity index is 1.55. The highest BCUT2D eigenvalue weighted by molar-refractivity contribution is 9.11. The highest BCUT2D eigenvalue weighted by atomic mass is 79.9. The van der Waals surface area contributed by atoms with Gasteiger partial charge in [0.15, 0.2) is 0 Å². The van der Waals surface area contributed by atoms with Crippen LogP contribution >= 0.6 is 47.8 Å². The lowest BCUT2D eigenvalue weighted by Crippen LogP contribution is -2.43. The molecule has 1 atom stereocenters. The number of rotatable bonds is 6. The van der Waals surface area contributed by atoms with Crippen LogP contribution in [0, 0.1) is 5.82 Å². The number of anilines is 2. The standard InChI is InChI=1S/C28H20Br3FN2O3/c1-36-25-11-10-16(12-17(25)15-37-26-20(30)13-18(29)14-21(26)31)27-33-23-8-4-2-6-19(23)28(35)34(27)24-9-5-3-7-22(24)32/h2-14,27,33H,15H2,1H3/t27-/m0/s1. The largest absolute Gasteiger partial charge is 0.496 e. The fourth-order valence-electron chi connectivity index (χ4n) is 4.28. The van der Waals surface area contributed by atoms with Crippen molar-refractivity contribution in [3.8, 4) is 11.5 Å². The molecule has 5 nitrogen and oxygen atoms in total. The van der Waals surface area contributed by atoms with Crippen LogP contribution in [0.5, 0.6) is 11.5 Å². The van der Waals surface area contributed by atoms with Crippen molar-refractivity contribution in [2.75, 3.05) is 17.3 Å². The smallest absolute Gasteiger partial charge is 0.262 e. The van der Waals surface area contributed by atoms with Crippen LogP contribution < -0.4 is 19.7 Å². The van der Waals surface area contributed by atoms with Crippen LogP contribution in [0.2, 0.25) is 0 Å². The summed E-state index contributed by atoms with van der Waals surface area (Å²) in [6.07, 6.45) is -0.657. The summed E-state index contributed by atoms with van der Waals surface area (Å²) in [7, 11) is 1.59. The van der Waals surface area contributed by atoms with Crippen molar-refractivity contribution in [2.24, 2.45) is 0 Å². The second-order valence-corrected chi connectivity index (χ2v) is 10.9. The number of hydrogen-bond donors (Lipinski definition) is 1. The lowest BCUT2D eigenvalue weighted by molar-refractivity contribution is 0.0974. The van der Waals surface area contributed by atoms with E-state index in [2.05, 4.69) is 53.1 Å². The van der Waals surface area contributed by atoms with Crippen LogP contribution in [0.15, 0.2) is 92.3 Å². The number of nitrogens with one attached hydrogen (secondary N) is 1. The Morgan fingerprint density at radius 1 is 0.946 bits per heavy atom. The molecule has 0 bridgehead atoms. The number of benzene rings is 4. The zero-order chi connectivity index (χ0) is 26.1. The monoisotopic (exact) mass is 688 g/mol. The number of fused-ring (bicyclic) bond motifs is 1. The van der Waals surface area contributed by atoms with E-state index in [-0.39, 0.29) is 18.2 Å². The maximum absolute atomic E-state index is 14.9. The number of para-hydroxylation sites is 2. The summed E-state index contributed by atoms with van der Waals surface area (Å²) >= 11 is 10.5. The van der Waals surface area contributed by atoms with Crippen LogP contribution in [-0.4, -0.2) is 13.0 Å². The molecule has 0 spiro atoms. The van der Waals surface area contributed by atoms with Crippen molar-refractivity contribution in [1.82, 2.24) is 0 Å². The highest BCUT2D eigenvalue weighted by Crippen LogP contribution is 2.40. The van der Waals surface area contributed by atoms with Crippen LogP contribution in [0.25, 0.3) is 0 Å². The van der Waals surface area contributed by atoms with Gasteiger partial charge in [-0.1, -0.05) is 46.3 Å². The number of halogens is 4. The van der Waals surface area contributed by atoms with Gasteiger partial charge in [-0.2, -0.15) is 0 Å². The molecular formula is C28H20Br3FN2O3. The van der Waals surface area contributed by atoms with Gasteiger partial charge < -0.3 is 14.8 Å². The molecule has 1 aliphatic heterocycles. The Kier molecular flexibility index (Phi) is 7.55. The average molecular weight is 691 g/mol. The lowest BCUT2D eigenvalue weighted by Gasteiger charge is -2.38. The van der Waals surface area contributed by atoms with E-state index in [1.165, 1.54) is 11.0 Å². The molecule has 4 aromatic rings. The molecular weight excluding hydrogens is 671 g/mol. The minimum atomic E-state index is -0.657. The Hall–Kier alpha value is -2.88. The molecule has 1 heterocycles. The molecule has 0 saturated carbocycles. The predicted octanol–water partition coefficient (Wildman–Crippen LogP) is 8.47. The molecule has 1 aliphatic rings. The van der Waals surface area contributed by atoms with Crippen molar-refractivity contribution >= 4 is 65.1 Å². The number of carbonyl (C=O) groups is 1. The number of nitrogens with zero attached hydrogens (tertiary/aromatic N) is 1. The van der Waals surface area contributed by atoms with Gasteiger partial charge in [0.05, 0.1) is 27.3 Å². The second kappa shape index (κ2) is 10.8. The minimum Gasteiger partial charge on any atom is -0.496 e. The third-order valence-corrected chi connectivity index (χ3v) is 7.63. The van der Waals surface area contributed by atoms with Crippen molar-refractivity contribution in [2.45, 2.75) is 12.8 Å². The number of hydrogen-bond acceptors (Lipinski definition) is 4. The molecule has 0 aromatic heterocycles. The Morgan fingerprint density at radius 3 is 2.38 bits per heavy atom. The van der Waals surface area contributed by atoms with Gasteiger partial charge in [0.25, 0.3) is 5.91 Å². The topological polar surface area (TPSA) is 50.8 Å². The third kappa shape index (κ3) is 5.12. The number of ether oxygens (including phenoxy) is 2. The molecule has 0 unspecified atom stereocenters. The van der Waals surface area contributed by atoms with Crippen LogP contribution in [0.4, 0.5) is 15.8 Å². The Labute approximate surface area is 239 Å². The van der Waals surface area contributed by atoms with E-state index in [4.69, 9.17) is 9.47 Å². The van der Waals surface area contributed by atoms with E-state index >= 15 is 0 Å². The van der Waals surface area contributed by atoms with E-state index in [0.717, 1.165) is 24.5 Å². The number of amides is 1. The van der Waals surface area contributed by atoms with Crippen molar-refractivity contribution < 1.29 is 18.7 Å². The zero-order valence-corrected chi connectivity index (χ0v) is 24.2. The summed E-state index contributed by atoms with van der Waals surface area (Å²) < 4.78 is 29.2. The molecule has 4 aromatic carbocycles. The first-order chi connectivity index (χ1) is 17.9. The summed E-state index contributed by atoms with van der Waals surface area (Å²) in [6.45, 7) is 0.201. The third-order valence-electron chi connectivity index (χ3n) is 5.99. The van der Waals surface area contributed by atoms with E-state index < -0.39 is 12.0 Å². The van der Waals surface area contributed by atoms with Gasteiger partial charge in [0, 0.05) is 15.7 Å². The molecule has 0 fully saturated rings. The molecule has 0 saturated heterocycles. The molecule has 0 radical (unpaired) electrons. The molecule has 9 heteroatoms. The molecule has 0 aliphatic carbocycles. The lowest BCUT2D eigenvalue weighted by atomic mass is 10.0. The summed E-state index contributed by atoms with van der Waals surface area (Å²) in [5.41, 5.74) is 2.86. The fourth-order valence-corrected chi connectivity index (χ4v) is 6.77. The Bertz CT molecular complexity index is 1470. The first-order valence-corrected chi connectivity index (χ1v) is 13.6.